The lowest BCUT2D eigenvalue weighted by molar-refractivity contribution is 0.777. The molecule has 0 spiro atoms. The van der Waals surface area contributed by atoms with Crippen molar-refractivity contribution >= 4 is 11.4 Å². The highest BCUT2D eigenvalue weighted by Gasteiger charge is 2.11. The van der Waals surface area contributed by atoms with Gasteiger partial charge in [-0.25, -0.2) is 0 Å². The van der Waals surface area contributed by atoms with E-state index >= 15 is 0 Å². The molecule has 0 aliphatic rings. The number of nitrogens with one attached hydrogen (secondary N) is 1. The van der Waals surface area contributed by atoms with Crippen molar-refractivity contribution in [2.45, 2.75) is 19.3 Å². The van der Waals surface area contributed by atoms with E-state index < -0.39 is 0 Å². The average Bonchev–Trinajstić information content (AvgIpc) is 2.42. The molecule has 0 heterocycles. The van der Waals surface area contributed by atoms with Gasteiger partial charge in [-0.3, -0.25) is 0 Å². The zero-order valence-electron chi connectivity index (χ0n) is 11.0. The van der Waals surface area contributed by atoms with Crippen LogP contribution in [0.3, 0.4) is 0 Å². The van der Waals surface area contributed by atoms with Gasteiger partial charge in [-0.2, -0.15) is 0 Å². The molecule has 0 aliphatic heterocycles. The number of hydrogen-bond donors (Lipinski definition) is 2. The van der Waals surface area contributed by atoms with Crippen LogP contribution in [0.2, 0.25) is 0 Å². The molecule has 2 rings (SSSR count). The molecule has 94 valence electrons. The van der Waals surface area contributed by atoms with Gasteiger partial charge in [0.2, 0.25) is 0 Å². The van der Waals surface area contributed by atoms with Crippen molar-refractivity contribution in [2.75, 3.05) is 18.1 Å². The summed E-state index contributed by atoms with van der Waals surface area (Å²) in [5.74, 6) is 0.441. The van der Waals surface area contributed by atoms with E-state index in [2.05, 4.69) is 48.6 Å². The summed E-state index contributed by atoms with van der Waals surface area (Å²) in [5, 5.41) is 3.14. The summed E-state index contributed by atoms with van der Waals surface area (Å²) in [6, 6.07) is 16.8. The molecular formula is C16H20N2. The van der Waals surface area contributed by atoms with Crippen molar-refractivity contribution in [1.82, 2.24) is 0 Å². The molecule has 0 amide bonds. The summed E-state index contributed by atoms with van der Waals surface area (Å²) in [4.78, 5) is 0. The number of hydrogen-bond acceptors (Lipinski definition) is 2. The van der Waals surface area contributed by atoms with Gasteiger partial charge in [-0.1, -0.05) is 31.2 Å². The lowest BCUT2D eigenvalue weighted by Crippen LogP contribution is -2.00. The molecular weight excluding hydrogens is 220 g/mol. The van der Waals surface area contributed by atoms with Gasteiger partial charge in [0.25, 0.3) is 0 Å². The highest BCUT2D eigenvalue weighted by molar-refractivity contribution is 5.47. The van der Waals surface area contributed by atoms with Crippen molar-refractivity contribution in [2.24, 2.45) is 0 Å². The molecule has 2 aromatic rings. The topological polar surface area (TPSA) is 38.0 Å². The highest BCUT2D eigenvalue weighted by atomic mass is 14.8. The number of nitrogen functional groups attached to an aromatic ring is 1. The first kappa shape index (κ1) is 12.5. The monoisotopic (exact) mass is 240 g/mol. The maximum atomic E-state index is 5.74. The maximum Gasteiger partial charge on any atom is 0.0337 e. The minimum Gasteiger partial charge on any atom is -0.399 e. The van der Waals surface area contributed by atoms with E-state index in [9.17, 15) is 0 Å². The Hall–Kier alpha value is -1.96. The van der Waals surface area contributed by atoms with Crippen molar-refractivity contribution in [3.63, 3.8) is 0 Å². The van der Waals surface area contributed by atoms with E-state index in [0.717, 1.165) is 17.8 Å². The first-order chi connectivity index (χ1) is 8.74. The lowest BCUT2D eigenvalue weighted by atomic mass is 9.89. The molecule has 0 saturated heterocycles. The van der Waals surface area contributed by atoms with Gasteiger partial charge >= 0.3 is 0 Å². The molecule has 0 fully saturated rings. The Labute approximate surface area is 109 Å². The van der Waals surface area contributed by atoms with Gasteiger partial charge in [0.05, 0.1) is 0 Å². The normalized spacial score (nSPS) is 12.1. The van der Waals surface area contributed by atoms with Gasteiger partial charge in [0, 0.05) is 24.3 Å². The first-order valence-corrected chi connectivity index (χ1v) is 6.37. The van der Waals surface area contributed by atoms with Crippen molar-refractivity contribution in [3.8, 4) is 0 Å². The minimum atomic E-state index is 0.441. The summed E-state index contributed by atoms with van der Waals surface area (Å²) in [6.07, 6.45) is 1.09. The molecule has 0 aliphatic carbocycles. The van der Waals surface area contributed by atoms with Crippen molar-refractivity contribution < 1.29 is 0 Å². The molecule has 0 saturated carbocycles. The van der Waals surface area contributed by atoms with E-state index in [-0.39, 0.29) is 0 Å². The predicted molar refractivity (Wildman–Crippen MR) is 79.0 cm³/mol. The standard InChI is InChI=1S/C16H20N2/c1-3-16(12-4-8-14(17)9-5-12)13-6-10-15(18-2)11-7-13/h4-11,16,18H,3,17H2,1-2H3. The summed E-state index contributed by atoms with van der Waals surface area (Å²) >= 11 is 0. The maximum absolute atomic E-state index is 5.74. The summed E-state index contributed by atoms with van der Waals surface area (Å²) < 4.78 is 0. The van der Waals surface area contributed by atoms with Crippen LogP contribution in [0.15, 0.2) is 48.5 Å². The second-order valence-electron chi connectivity index (χ2n) is 4.50. The quantitative estimate of drug-likeness (QED) is 0.796. The van der Waals surface area contributed by atoms with Crippen molar-refractivity contribution in [3.05, 3.63) is 59.7 Å². The summed E-state index contributed by atoms with van der Waals surface area (Å²) in [5.41, 5.74) is 10.4. The molecule has 3 N–H and O–H groups in total. The van der Waals surface area contributed by atoms with Crippen LogP contribution in [-0.4, -0.2) is 7.05 Å². The zero-order chi connectivity index (χ0) is 13.0. The largest absolute Gasteiger partial charge is 0.399 e. The molecule has 2 aromatic carbocycles. The Kier molecular flexibility index (Phi) is 3.88. The molecule has 2 nitrogen and oxygen atoms in total. The Morgan fingerprint density at radius 2 is 1.44 bits per heavy atom. The lowest BCUT2D eigenvalue weighted by Gasteiger charge is -2.16. The molecule has 1 atom stereocenters. The van der Waals surface area contributed by atoms with Crippen LogP contribution in [-0.2, 0) is 0 Å². The van der Waals surface area contributed by atoms with E-state index in [1.54, 1.807) is 0 Å². The van der Waals surface area contributed by atoms with E-state index in [1.807, 2.05) is 19.2 Å². The predicted octanol–water partition coefficient (Wildman–Crippen LogP) is 3.85. The smallest absolute Gasteiger partial charge is 0.0337 e. The van der Waals surface area contributed by atoms with E-state index in [1.165, 1.54) is 11.1 Å². The Bertz CT molecular complexity index is 486. The Morgan fingerprint density at radius 3 is 1.89 bits per heavy atom. The molecule has 18 heavy (non-hydrogen) atoms. The third-order valence-corrected chi connectivity index (χ3v) is 3.35. The number of anilines is 2. The van der Waals surface area contributed by atoms with Crippen LogP contribution >= 0.6 is 0 Å². The van der Waals surface area contributed by atoms with E-state index in [4.69, 9.17) is 5.73 Å². The fraction of sp³-hybridized carbons (Fsp3) is 0.250. The molecule has 0 aromatic heterocycles. The van der Waals surface area contributed by atoms with Crippen LogP contribution in [0.5, 0.6) is 0 Å². The van der Waals surface area contributed by atoms with Crippen LogP contribution in [0.1, 0.15) is 30.4 Å². The molecule has 1 unspecified atom stereocenters. The van der Waals surface area contributed by atoms with Gasteiger partial charge in [-0.05, 0) is 41.8 Å². The third kappa shape index (κ3) is 2.65. The average molecular weight is 240 g/mol. The zero-order valence-corrected chi connectivity index (χ0v) is 11.0. The number of nitrogens with two attached hydrogens (primary N) is 1. The van der Waals surface area contributed by atoms with Gasteiger partial charge in [0.15, 0.2) is 0 Å². The second kappa shape index (κ2) is 5.58. The second-order valence-corrected chi connectivity index (χ2v) is 4.50. The van der Waals surface area contributed by atoms with Crippen LogP contribution < -0.4 is 11.1 Å². The Balaban J connectivity index is 2.29. The minimum absolute atomic E-state index is 0.441. The molecule has 2 heteroatoms. The number of rotatable bonds is 4. The van der Waals surface area contributed by atoms with Gasteiger partial charge < -0.3 is 11.1 Å². The third-order valence-electron chi connectivity index (χ3n) is 3.35. The van der Waals surface area contributed by atoms with Gasteiger partial charge in [-0.15, -0.1) is 0 Å². The van der Waals surface area contributed by atoms with Crippen molar-refractivity contribution in [1.29, 1.82) is 0 Å². The first-order valence-electron chi connectivity index (χ1n) is 6.37. The van der Waals surface area contributed by atoms with Crippen LogP contribution in [0, 0.1) is 0 Å². The van der Waals surface area contributed by atoms with E-state index in [0.29, 0.717) is 5.92 Å². The summed E-state index contributed by atoms with van der Waals surface area (Å²) in [7, 11) is 1.94. The fourth-order valence-corrected chi connectivity index (χ4v) is 2.27. The van der Waals surface area contributed by atoms with Crippen LogP contribution in [0.4, 0.5) is 11.4 Å². The SMILES string of the molecule is CCC(c1ccc(N)cc1)c1ccc(NC)cc1. The number of benzene rings is 2. The highest BCUT2D eigenvalue weighted by Crippen LogP contribution is 2.29. The molecule has 0 radical (unpaired) electrons. The fourth-order valence-electron chi connectivity index (χ4n) is 2.27. The van der Waals surface area contributed by atoms with Crippen LogP contribution in [0.25, 0.3) is 0 Å². The Morgan fingerprint density at radius 1 is 0.944 bits per heavy atom. The van der Waals surface area contributed by atoms with Gasteiger partial charge in [0.1, 0.15) is 0 Å². The summed E-state index contributed by atoms with van der Waals surface area (Å²) in [6.45, 7) is 2.22. The molecule has 0 bridgehead atoms.